The molecule has 5 heteroatoms. The second-order valence-corrected chi connectivity index (χ2v) is 7.00. The van der Waals surface area contributed by atoms with Crippen molar-refractivity contribution in [3.05, 3.63) is 0 Å². The standard InChI is InChI=1S/C15H30N2O3/c1-6-20-14(19)16-12-7-11(9-17(5)10-12)8-13(18)15(2,3)4/h11-13,18H,6-10H2,1-5H3,(H,16,19). The van der Waals surface area contributed by atoms with Gasteiger partial charge in [-0.2, -0.15) is 0 Å². The number of nitrogens with one attached hydrogen (secondary N) is 1. The Bertz CT molecular complexity index is 315. The number of rotatable bonds is 4. The highest BCUT2D eigenvalue weighted by atomic mass is 16.5. The Morgan fingerprint density at radius 2 is 2.10 bits per heavy atom. The molecule has 3 unspecified atom stereocenters. The number of piperidine rings is 1. The fraction of sp³-hybridized carbons (Fsp3) is 0.933. The topological polar surface area (TPSA) is 61.8 Å². The highest BCUT2D eigenvalue weighted by Gasteiger charge is 2.31. The molecule has 3 atom stereocenters. The molecule has 0 radical (unpaired) electrons. The first-order valence-electron chi connectivity index (χ1n) is 7.52. The average molecular weight is 286 g/mol. The molecule has 20 heavy (non-hydrogen) atoms. The van der Waals surface area contributed by atoms with Gasteiger partial charge in [0.15, 0.2) is 0 Å². The maximum atomic E-state index is 11.5. The summed E-state index contributed by atoms with van der Waals surface area (Å²) in [6.45, 7) is 10.2. The zero-order valence-electron chi connectivity index (χ0n) is 13.5. The Hall–Kier alpha value is -0.810. The first-order valence-corrected chi connectivity index (χ1v) is 7.52. The highest BCUT2D eigenvalue weighted by molar-refractivity contribution is 5.67. The molecular weight excluding hydrogens is 256 g/mol. The minimum absolute atomic E-state index is 0.0971. The van der Waals surface area contributed by atoms with Crippen molar-refractivity contribution < 1.29 is 14.6 Å². The molecule has 0 aromatic heterocycles. The van der Waals surface area contributed by atoms with Crippen LogP contribution in [-0.4, -0.2) is 55.0 Å². The maximum absolute atomic E-state index is 11.5. The summed E-state index contributed by atoms with van der Waals surface area (Å²) in [6.07, 6.45) is 1.01. The van der Waals surface area contributed by atoms with Crippen molar-refractivity contribution in [2.45, 2.75) is 52.7 Å². The summed E-state index contributed by atoms with van der Waals surface area (Å²) in [5, 5.41) is 13.2. The van der Waals surface area contributed by atoms with E-state index in [0.717, 1.165) is 25.9 Å². The van der Waals surface area contributed by atoms with E-state index in [-0.39, 0.29) is 23.7 Å². The number of likely N-dealkylation sites (tertiary alicyclic amines) is 1. The molecule has 2 N–H and O–H groups in total. The largest absolute Gasteiger partial charge is 0.450 e. The number of ether oxygens (including phenoxy) is 1. The van der Waals surface area contributed by atoms with Gasteiger partial charge >= 0.3 is 6.09 Å². The van der Waals surface area contributed by atoms with Crippen molar-refractivity contribution in [1.82, 2.24) is 10.2 Å². The number of nitrogens with zero attached hydrogens (tertiary/aromatic N) is 1. The highest BCUT2D eigenvalue weighted by Crippen LogP contribution is 2.28. The first-order chi connectivity index (χ1) is 9.22. The molecule has 0 saturated carbocycles. The number of alkyl carbamates (subject to hydrolysis) is 1. The smallest absolute Gasteiger partial charge is 0.407 e. The predicted octanol–water partition coefficient (Wildman–Crippen LogP) is 1.85. The van der Waals surface area contributed by atoms with E-state index < -0.39 is 0 Å². The summed E-state index contributed by atoms with van der Waals surface area (Å²) in [7, 11) is 2.05. The van der Waals surface area contributed by atoms with Crippen molar-refractivity contribution in [3.8, 4) is 0 Å². The number of carbonyl (C=O) groups excluding carboxylic acids is 1. The van der Waals surface area contributed by atoms with Gasteiger partial charge < -0.3 is 20.1 Å². The van der Waals surface area contributed by atoms with E-state index in [2.05, 4.69) is 38.0 Å². The van der Waals surface area contributed by atoms with Crippen LogP contribution in [-0.2, 0) is 4.74 Å². The zero-order chi connectivity index (χ0) is 15.3. The molecule has 1 aliphatic heterocycles. The van der Waals surface area contributed by atoms with E-state index in [9.17, 15) is 9.90 Å². The molecule has 5 nitrogen and oxygen atoms in total. The van der Waals surface area contributed by atoms with Crippen LogP contribution in [0.1, 0.15) is 40.5 Å². The van der Waals surface area contributed by atoms with Gasteiger partial charge in [-0.1, -0.05) is 20.8 Å². The van der Waals surface area contributed by atoms with E-state index in [0.29, 0.717) is 12.5 Å². The number of amides is 1. The van der Waals surface area contributed by atoms with Crippen LogP contribution < -0.4 is 5.32 Å². The molecule has 1 fully saturated rings. The van der Waals surface area contributed by atoms with E-state index in [4.69, 9.17) is 4.74 Å². The summed E-state index contributed by atoms with van der Waals surface area (Å²) in [5.41, 5.74) is -0.0971. The van der Waals surface area contributed by atoms with Crippen molar-refractivity contribution >= 4 is 6.09 Å². The lowest BCUT2D eigenvalue weighted by atomic mass is 9.80. The molecule has 0 aromatic rings. The number of carbonyl (C=O) groups is 1. The third-order valence-electron chi connectivity index (χ3n) is 3.87. The van der Waals surface area contributed by atoms with Gasteiger partial charge in [0.1, 0.15) is 0 Å². The normalized spacial score (nSPS) is 26.1. The third-order valence-corrected chi connectivity index (χ3v) is 3.87. The first kappa shape index (κ1) is 17.2. The van der Waals surface area contributed by atoms with Crippen LogP contribution >= 0.6 is 0 Å². The molecule has 1 saturated heterocycles. The summed E-state index contributed by atoms with van der Waals surface area (Å²) in [6, 6.07) is 0.102. The van der Waals surface area contributed by atoms with Crippen LogP contribution in [0.2, 0.25) is 0 Å². The molecule has 0 aliphatic carbocycles. The van der Waals surface area contributed by atoms with Gasteiger partial charge in [-0.05, 0) is 38.1 Å². The Morgan fingerprint density at radius 1 is 1.45 bits per heavy atom. The predicted molar refractivity (Wildman–Crippen MR) is 79.6 cm³/mol. The lowest BCUT2D eigenvalue weighted by Crippen LogP contribution is -2.50. The van der Waals surface area contributed by atoms with E-state index >= 15 is 0 Å². The molecule has 0 spiro atoms. The van der Waals surface area contributed by atoms with Gasteiger partial charge in [0, 0.05) is 19.1 Å². The van der Waals surface area contributed by atoms with Crippen molar-refractivity contribution in [2.24, 2.45) is 11.3 Å². The summed E-state index contributed by atoms with van der Waals surface area (Å²) in [5.74, 6) is 0.398. The monoisotopic (exact) mass is 286 g/mol. The Labute approximate surface area is 122 Å². The molecule has 1 heterocycles. The maximum Gasteiger partial charge on any atom is 0.407 e. The second-order valence-electron chi connectivity index (χ2n) is 7.00. The van der Waals surface area contributed by atoms with Gasteiger partial charge in [-0.15, -0.1) is 0 Å². The van der Waals surface area contributed by atoms with Gasteiger partial charge in [0.05, 0.1) is 12.7 Å². The number of likely N-dealkylation sites (N-methyl/N-ethyl adjacent to an activating group) is 1. The summed E-state index contributed by atoms with van der Waals surface area (Å²) < 4.78 is 4.93. The number of hydrogen-bond acceptors (Lipinski definition) is 4. The van der Waals surface area contributed by atoms with E-state index in [1.54, 1.807) is 6.92 Å². The lowest BCUT2D eigenvalue weighted by Gasteiger charge is -2.38. The quantitative estimate of drug-likeness (QED) is 0.828. The number of hydrogen-bond donors (Lipinski definition) is 2. The molecule has 1 amide bonds. The van der Waals surface area contributed by atoms with Gasteiger partial charge in [-0.3, -0.25) is 0 Å². The lowest BCUT2D eigenvalue weighted by molar-refractivity contribution is 0.0252. The van der Waals surface area contributed by atoms with E-state index in [1.165, 1.54) is 0 Å². The molecule has 0 bridgehead atoms. The van der Waals surface area contributed by atoms with Crippen LogP contribution in [0.15, 0.2) is 0 Å². The molecular formula is C15H30N2O3. The SMILES string of the molecule is CCOC(=O)NC1CC(CC(O)C(C)(C)C)CN(C)C1. The number of aliphatic hydroxyl groups excluding tert-OH is 1. The number of aliphatic hydroxyl groups is 1. The fourth-order valence-electron chi connectivity index (χ4n) is 2.73. The summed E-state index contributed by atoms with van der Waals surface area (Å²) >= 11 is 0. The minimum Gasteiger partial charge on any atom is -0.450 e. The van der Waals surface area contributed by atoms with E-state index in [1.807, 2.05) is 0 Å². The zero-order valence-corrected chi connectivity index (χ0v) is 13.5. The van der Waals surface area contributed by atoms with Gasteiger partial charge in [0.2, 0.25) is 0 Å². The molecule has 0 aromatic carbocycles. The van der Waals surface area contributed by atoms with Crippen LogP contribution in [0.25, 0.3) is 0 Å². The van der Waals surface area contributed by atoms with Crippen LogP contribution in [0.4, 0.5) is 4.79 Å². The molecule has 1 rings (SSSR count). The van der Waals surface area contributed by atoms with Crippen LogP contribution in [0, 0.1) is 11.3 Å². The van der Waals surface area contributed by atoms with Gasteiger partial charge in [-0.25, -0.2) is 4.79 Å². The van der Waals surface area contributed by atoms with Crippen LogP contribution in [0.5, 0.6) is 0 Å². The third kappa shape index (κ3) is 5.67. The van der Waals surface area contributed by atoms with Crippen molar-refractivity contribution in [1.29, 1.82) is 0 Å². The minimum atomic E-state index is -0.345. The fourth-order valence-corrected chi connectivity index (χ4v) is 2.73. The Kier molecular flexibility index (Phi) is 6.27. The van der Waals surface area contributed by atoms with Crippen molar-refractivity contribution in [3.63, 3.8) is 0 Å². The van der Waals surface area contributed by atoms with Crippen molar-refractivity contribution in [2.75, 3.05) is 26.7 Å². The Morgan fingerprint density at radius 3 is 2.65 bits per heavy atom. The molecule has 118 valence electrons. The Balaban J connectivity index is 2.51. The molecule has 1 aliphatic rings. The average Bonchev–Trinajstić information content (AvgIpc) is 2.26. The second kappa shape index (κ2) is 7.27. The van der Waals surface area contributed by atoms with Gasteiger partial charge in [0.25, 0.3) is 0 Å². The summed E-state index contributed by atoms with van der Waals surface area (Å²) in [4.78, 5) is 13.7. The van der Waals surface area contributed by atoms with Crippen LogP contribution in [0.3, 0.4) is 0 Å².